The third-order valence-corrected chi connectivity index (χ3v) is 8.14. The second kappa shape index (κ2) is 10.8. The van der Waals surface area contributed by atoms with E-state index in [0.717, 1.165) is 31.2 Å². The maximum atomic E-state index is 14.0. The van der Waals surface area contributed by atoms with Gasteiger partial charge >= 0.3 is 12.1 Å². The Bertz CT molecular complexity index is 1080. The molecule has 2 saturated carbocycles. The Morgan fingerprint density at radius 1 is 1.16 bits per heavy atom. The van der Waals surface area contributed by atoms with Gasteiger partial charge in [-0.15, -0.1) is 6.58 Å². The van der Waals surface area contributed by atoms with Crippen LogP contribution in [0.5, 0.6) is 0 Å². The first-order chi connectivity index (χ1) is 18.0. The SMILES string of the molecule is C=C[C@@H]1C[C@]1(NC(=O)[C@@H]1C[C@@H](c2ccccc2)CN1C(=O)[C@@H](NC(=O)OC1CCCC1)C(C)(C)C)C(=O)O. The van der Waals surface area contributed by atoms with E-state index in [9.17, 15) is 24.3 Å². The first kappa shape index (κ1) is 27.7. The summed E-state index contributed by atoms with van der Waals surface area (Å²) in [6.45, 7) is 9.51. The molecule has 3 amide bonds. The summed E-state index contributed by atoms with van der Waals surface area (Å²) in [5, 5.41) is 15.3. The summed E-state index contributed by atoms with van der Waals surface area (Å²) in [6, 6.07) is 7.82. The van der Waals surface area contributed by atoms with Crippen molar-refractivity contribution in [2.24, 2.45) is 11.3 Å². The van der Waals surface area contributed by atoms with Gasteiger partial charge in [0, 0.05) is 18.4 Å². The van der Waals surface area contributed by atoms with Gasteiger partial charge in [-0.3, -0.25) is 9.59 Å². The molecule has 0 unspecified atom stereocenters. The fourth-order valence-electron chi connectivity index (χ4n) is 5.74. The Morgan fingerprint density at radius 3 is 2.37 bits per heavy atom. The van der Waals surface area contributed by atoms with Crippen LogP contribution in [0.1, 0.15) is 70.8 Å². The molecule has 1 saturated heterocycles. The normalized spacial score (nSPS) is 27.9. The number of amides is 3. The molecule has 2 aliphatic carbocycles. The third-order valence-electron chi connectivity index (χ3n) is 8.14. The molecule has 1 aromatic carbocycles. The molecule has 38 heavy (non-hydrogen) atoms. The predicted molar refractivity (Wildman–Crippen MR) is 141 cm³/mol. The van der Waals surface area contributed by atoms with Crippen molar-refractivity contribution >= 4 is 23.9 Å². The quantitative estimate of drug-likeness (QED) is 0.446. The zero-order valence-electron chi connectivity index (χ0n) is 22.4. The molecule has 5 atom stereocenters. The summed E-state index contributed by atoms with van der Waals surface area (Å²) in [4.78, 5) is 53.9. The van der Waals surface area contributed by atoms with E-state index in [1.165, 1.54) is 11.0 Å². The van der Waals surface area contributed by atoms with Gasteiger partial charge in [0.1, 0.15) is 23.7 Å². The lowest BCUT2D eigenvalue weighted by atomic mass is 9.85. The fraction of sp³-hybridized carbons (Fsp3) is 0.586. The highest BCUT2D eigenvalue weighted by atomic mass is 16.6. The molecule has 4 rings (SSSR count). The van der Waals surface area contributed by atoms with E-state index in [1.807, 2.05) is 51.1 Å². The highest BCUT2D eigenvalue weighted by molar-refractivity contribution is 5.96. The number of rotatable bonds is 8. The predicted octanol–water partition coefficient (Wildman–Crippen LogP) is 3.60. The number of likely N-dealkylation sites (tertiary alicyclic amines) is 1. The van der Waals surface area contributed by atoms with E-state index in [4.69, 9.17) is 4.74 Å². The molecule has 1 aliphatic heterocycles. The Kier molecular flexibility index (Phi) is 7.85. The number of aliphatic carboxylic acids is 1. The molecule has 0 bridgehead atoms. The van der Waals surface area contributed by atoms with Crippen LogP contribution in [-0.4, -0.2) is 64.2 Å². The van der Waals surface area contributed by atoms with Crippen molar-refractivity contribution < 1.29 is 29.0 Å². The van der Waals surface area contributed by atoms with Gasteiger partial charge in [0.25, 0.3) is 0 Å². The average molecular weight is 526 g/mol. The van der Waals surface area contributed by atoms with Gasteiger partial charge in [-0.05, 0) is 49.5 Å². The lowest BCUT2D eigenvalue weighted by molar-refractivity contribution is -0.146. The minimum Gasteiger partial charge on any atom is -0.479 e. The molecule has 0 radical (unpaired) electrons. The van der Waals surface area contributed by atoms with E-state index >= 15 is 0 Å². The highest BCUT2D eigenvalue weighted by Gasteiger charge is 2.61. The van der Waals surface area contributed by atoms with E-state index in [-0.39, 0.29) is 36.8 Å². The summed E-state index contributed by atoms with van der Waals surface area (Å²) in [7, 11) is 0. The monoisotopic (exact) mass is 525 g/mol. The molecule has 9 nitrogen and oxygen atoms in total. The van der Waals surface area contributed by atoms with Crippen LogP contribution in [0.25, 0.3) is 0 Å². The van der Waals surface area contributed by atoms with E-state index in [2.05, 4.69) is 17.2 Å². The molecule has 0 aromatic heterocycles. The average Bonchev–Trinajstić information content (AvgIpc) is 3.19. The Balaban J connectivity index is 1.57. The Hall–Kier alpha value is -3.36. The van der Waals surface area contributed by atoms with Gasteiger partial charge < -0.3 is 25.4 Å². The molecule has 3 aliphatic rings. The summed E-state index contributed by atoms with van der Waals surface area (Å²) in [5.41, 5.74) is -1.07. The maximum Gasteiger partial charge on any atom is 0.408 e. The van der Waals surface area contributed by atoms with Crippen LogP contribution in [0.4, 0.5) is 4.79 Å². The van der Waals surface area contributed by atoms with Gasteiger partial charge in [-0.2, -0.15) is 0 Å². The first-order valence-corrected chi connectivity index (χ1v) is 13.5. The second-order valence-electron chi connectivity index (χ2n) is 11.9. The zero-order chi connectivity index (χ0) is 27.7. The number of benzene rings is 1. The van der Waals surface area contributed by atoms with Crippen molar-refractivity contribution in [3.63, 3.8) is 0 Å². The van der Waals surface area contributed by atoms with Crippen LogP contribution in [0.15, 0.2) is 43.0 Å². The summed E-state index contributed by atoms with van der Waals surface area (Å²) < 4.78 is 5.56. The zero-order valence-corrected chi connectivity index (χ0v) is 22.4. The van der Waals surface area contributed by atoms with Gasteiger partial charge in [0.2, 0.25) is 11.8 Å². The van der Waals surface area contributed by atoms with Gasteiger partial charge in [-0.1, -0.05) is 57.2 Å². The Morgan fingerprint density at radius 2 is 1.82 bits per heavy atom. The highest BCUT2D eigenvalue weighted by Crippen LogP contribution is 2.45. The van der Waals surface area contributed by atoms with Gasteiger partial charge in [0.05, 0.1) is 0 Å². The minimum atomic E-state index is -1.40. The number of hydrogen-bond donors (Lipinski definition) is 3. The number of alkyl carbamates (subject to hydrolysis) is 1. The number of nitrogens with one attached hydrogen (secondary N) is 2. The van der Waals surface area contributed by atoms with Crippen molar-refractivity contribution in [1.29, 1.82) is 0 Å². The second-order valence-corrected chi connectivity index (χ2v) is 11.9. The van der Waals surface area contributed by atoms with Gasteiger partial charge in [0.15, 0.2) is 0 Å². The lowest BCUT2D eigenvalue weighted by Gasteiger charge is -2.35. The topological polar surface area (TPSA) is 125 Å². The summed E-state index contributed by atoms with van der Waals surface area (Å²) in [6.07, 6.45) is 5.00. The number of carboxylic acid groups (broad SMARTS) is 1. The van der Waals surface area contributed by atoms with E-state index < -0.39 is 41.0 Å². The molecular formula is C29H39N3O6. The molecule has 1 heterocycles. The summed E-state index contributed by atoms with van der Waals surface area (Å²) in [5.74, 6) is -2.49. The third kappa shape index (κ3) is 5.71. The van der Waals surface area contributed by atoms with Crippen LogP contribution >= 0.6 is 0 Å². The number of carboxylic acids is 1. The van der Waals surface area contributed by atoms with Crippen LogP contribution in [-0.2, 0) is 19.1 Å². The standard InChI is InChI=1S/C29H39N3O6/c1-5-20-16-29(20,26(35)36)31-24(33)22-15-19(18-11-7-6-8-12-18)17-32(22)25(34)23(28(2,3)4)30-27(37)38-21-13-9-10-14-21/h5-8,11-12,19-23H,1,9-10,13-17H2,2-4H3,(H,30,37)(H,31,33)(H,35,36)/t19-,20-,22+,23-,29-/m1/s1. The van der Waals surface area contributed by atoms with Crippen LogP contribution < -0.4 is 10.6 Å². The molecule has 3 fully saturated rings. The maximum absolute atomic E-state index is 14.0. The number of hydrogen-bond acceptors (Lipinski definition) is 5. The first-order valence-electron chi connectivity index (χ1n) is 13.5. The van der Waals surface area contributed by atoms with Crippen molar-refractivity contribution in [1.82, 2.24) is 15.5 Å². The van der Waals surface area contributed by atoms with Gasteiger partial charge in [-0.25, -0.2) is 9.59 Å². The molecule has 9 heteroatoms. The van der Waals surface area contributed by atoms with Crippen molar-refractivity contribution in [3.8, 4) is 0 Å². The van der Waals surface area contributed by atoms with Crippen LogP contribution in [0.3, 0.4) is 0 Å². The molecular weight excluding hydrogens is 486 g/mol. The number of nitrogens with zero attached hydrogens (tertiary/aromatic N) is 1. The van der Waals surface area contributed by atoms with Crippen molar-refractivity contribution in [2.75, 3.05) is 6.54 Å². The molecule has 1 aromatic rings. The van der Waals surface area contributed by atoms with Crippen molar-refractivity contribution in [3.05, 3.63) is 48.6 Å². The number of ether oxygens (including phenoxy) is 1. The smallest absolute Gasteiger partial charge is 0.408 e. The number of carbonyl (C=O) groups excluding carboxylic acids is 3. The largest absolute Gasteiger partial charge is 0.479 e. The van der Waals surface area contributed by atoms with Crippen LogP contribution in [0, 0.1) is 11.3 Å². The molecule has 0 spiro atoms. The van der Waals surface area contributed by atoms with Crippen LogP contribution in [0.2, 0.25) is 0 Å². The minimum absolute atomic E-state index is 0.114. The van der Waals surface area contributed by atoms with E-state index in [0.29, 0.717) is 6.42 Å². The lowest BCUT2D eigenvalue weighted by Crippen LogP contribution is -2.59. The molecule has 206 valence electrons. The van der Waals surface area contributed by atoms with Crippen molar-refractivity contribution in [2.45, 2.75) is 88.9 Å². The summed E-state index contributed by atoms with van der Waals surface area (Å²) >= 11 is 0. The number of carbonyl (C=O) groups is 4. The molecule has 3 N–H and O–H groups in total. The van der Waals surface area contributed by atoms with E-state index in [1.54, 1.807) is 0 Å². The Labute approximate surface area is 224 Å². The fourth-order valence-corrected chi connectivity index (χ4v) is 5.74.